The molecule has 0 amide bonds. The van der Waals surface area contributed by atoms with E-state index in [0.29, 0.717) is 12.5 Å². The SMILES string of the molecule is COCCNc1nc(C)cn1CC1Cc2ccccc21. The Morgan fingerprint density at radius 1 is 1.40 bits per heavy atom. The number of nitrogens with zero attached hydrogens (tertiary/aromatic N) is 2. The van der Waals surface area contributed by atoms with Crippen LogP contribution in [0.4, 0.5) is 5.95 Å². The first-order valence-electron chi connectivity index (χ1n) is 7.12. The Morgan fingerprint density at radius 3 is 3.05 bits per heavy atom. The Morgan fingerprint density at radius 2 is 2.25 bits per heavy atom. The van der Waals surface area contributed by atoms with Crippen LogP contribution in [0.25, 0.3) is 0 Å². The molecule has 0 saturated carbocycles. The van der Waals surface area contributed by atoms with Crippen molar-refractivity contribution in [3.63, 3.8) is 0 Å². The smallest absolute Gasteiger partial charge is 0.203 e. The Balaban J connectivity index is 1.69. The highest BCUT2D eigenvalue weighted by Gasteiger charge is 2.26. The molecule has 0 saturated heterocycles. The Bertz CT molecular complexity index is 591. The monoisotopic (exact) mass is 271 g/mol. The fraction of sp³-hybridized carbons (Fsp3) is 0.438. The highest BCUT2D eigenvalue weighted by molar-refractivity contribution is 5.40. The van der Waals surface area contributed by atoms with Crippen LogP contribution in [0, 0.1) is 6.92 Å². The van der Waals surface area contributed by atoms with Gasteiger partial charge < -0.3 is 14.6 Å². The summed E-state index contributed by atoms with van der Waals surface area (Å²) in [6, 6.07) is 8.71. The number of hydrogen-bond donors (Lipinski definition) is 1. The number of hydrogen-bond acceptors (Lipinski definition) is 3. The van der Waals surface area contributed by atoms with Gasteiger partial charge in [0.1, 0.15) is 0 Å². The van der Waals surface area contributed by atoms with Crippen LogP contribution < -0.4 is 5.32 Å². The lowest BCUT2D eigenvalue weighted by Gasteiger charge is -2.30. The minimum Gasteiger partial charge on any atom is -0.383 e. The molecular formula is C16H21N3O. The highest BCUT2D eigenvalue weighted by Crippen LogP contribution is 2.36. The van der Waals surface area contributed by atoms with Crippen LogP contribution in [0.5, 0.6) is 0 Å². The Kier molecular flexibility index (Phi) is 3.74. The van der Waals surface area contributed by atoms with Gasteiger partial charge in [0.05, 0.1) is 12.3 Å². The lowest BCUT2D eigenvalue weighted by atomic mass is 9.77. The van der Waals surface area contributed by atoms with Crippen molar-refractivity contribution < 1.29 is 4.74 Å². The second-order valence-electron chi connectivity index (χ2n) is 5.38. The first-order valence-corrected chi connectivity index (χ1v) is 7.12. The minimum absolute atomic E-state index is 0.614. The topological polar surface area (TPSA) is 39.1 Å². The number of benzene rings is 1. The highest BCUT2D eigenvalue weighted by atomic mass is 16.5. The van der Waals surface area contributed by atoms with Crippen LogP contribution in [0.15, 0.2) is 30.5 Å². The summed E-state index contributed by atoms with van der Waals surface area (Å²) in [7, 11) is 1.71. The molecule has 1 atom stereocenters. The molecular weight excluding hydrogens is 250 g/mol. The summed E-state index contributed by atoms with van der Waals surface area (Å²) in [5.74, 6) is 1.56. The van der Waals surface area contributed by atoms with E-state index in [1.54, 1.807) is 7.11 Å². The van der Waals surface area contributed by atoms with Gasteiger partial charge >= 0.3 is 0 Å². The van der Waals surface area contributed by atoms with Crippen molar-refractivity contribution in [1.82, 2.24) is 9.55 Å². The Labute approximate surface area is 119 Å². The van der Waals surface area contributed by atoms with Gasteiger partial charge in [-0.2, -0.15) is 0 Å². The van der Waals surface area contributed by atoms with E-state index in [9.17, 15) is 0 Å². The average molecular weight is 271 g/mol. The van der Waals surface area contributed by atoms with Crippen molar-refractivity contribution in [3.05, 3.63) is 47.3 Å². The van der Waals surface area contributed by atoms with E-state index in [1.807, 2.05) is 6.92 Å². The number of methoxy groups -OCH3 is 1. The zero-order chi connectivity index (χ0) is 13.9. The Hall–Kier alpha value is -1.81. The summed E-state index contributed by atoms with van der Waals surface area (Å²) in [4.78, 5) is 4.55. The van der Waals surface area contributed by atoms with Gasteiger partial charge in [-0.05, 0) is 24.5 Å². The third-order valence-electron chi connectivity index (χ3n) is 3.86. The first kappa shape index (κ1) is 13.2. The van der Waals surface area contributed by atoms with Crippen molar-refractivity contribution in [2.45, 2.75) is 25.8 Å². The van der Waals surface area contributed by atoms with Crippen molar-refractivity contribution in [3.8, 4) is 0 Å². The van der Waals surface area contributed by atoms with Gasteiger partial charge in [0, 0.05) is 32.3 Å². The molecule has 0 radical (unpaired) electrons. The van der Waals surface area contributed by atoms with E-state index < -0.39 is 0 Å². The van der Waals surface area contributed by atoms with Crippen LogP contribution in [-0.2, 0) is 17.7 Å². The zero-order valence-electron chi connectivity index (χ0n) is 12.1. The number of fused-ring (bicyclic) bond motifs is 1. The molecule has 1 heterocycles. The largest absolute Gasteiger partial charge is 0.383 e. The molecule has 20 heavy (non-hydrogen) atoms. The van der Waals surface area contributed by atoms with Crippen LogP contribution in [0.2, 0.25) is 0 Å². The van der Waals surface area contributed by atoms with Crippen LogP contribution >= 0.6 is 0 Å². The van der Waals surface area contributed by atoms with E-state index in [4.69, 9.17) is 4.74 Å². The van der Waals surface area contributed by atoms with Gasteiger partial charge in [-0.1, -0.05) is 24.3 Å². The molecule has 0 spiro atoms. The van der Waals surface area contributed by atoms with Crippen molar-refractivity contribution in [1.29, 1.82) is 0 Å². The molecule has 0 fully saturated rings. The number of anilines is 1. The predicted octanol–water partition coefficient (Wildman–Crippen LogP) is 2.59. The quantitative estimate of drug-likeness (QED) is 0.821. The summed E-state index contributed by atoms with van der Waals surface area (Å²) in [5.41, 5.74) is 4.03. The third-order valence-corrected chi connectivity index (χ3v) is 3.86. The molecule has 106 valence electrons. The predicted molar refractivity (Wildman–Crippen MR) is 80.2 cm³/mol. The number of aryl methyl sites for hydroxylation is 1. The van der Waals surface area contributed by atoms with Gasteiger partial charge in [0.25, 0.3) is 0 Å². The van der Waals surface area contributed by atoms with Gasteiger partial charge in [0.2, 0.25) is 5.95 Å². The molecule has 2 aromatic rings. The fourth-order valence-electron chi connectivity index (χ4n) is 2.85. The molecule has 0 bridgehead atoms. The molecule has 1 aromatic carbocycles. The normalized spacial score (nSPS) is 16.6. The maximum atomic E-state index is 5.07. The second-order valence-corrected chi connectivity index (χ2v) is 5.38. The molecule has 0 aliphatic heterocycles. The van der Waals surface area contributed by atoms with E-state index in [-0.39, 0.29) is 0 Å². The molecule has 4 heteroatoms. The molecule has 1 N–H and O–H groups in total. The molecule has 4 nitrogen and oxygen atoms in total. The number of ether oxygens (including phenoxy) is 1. The molecule has 1 aromatic heterocycles. The molecule has 3 rings (SSSR count). The van der Waals surface area contributed by atoms with Gasteiger partial charge in [-0.15, -0.1) is 0 Å². The zero-order valence-corrected chi connectivity index (χ0v) is 12.1. The number of imidazole rings is 1. The summed E-state index contributed by atoms with van der Waals surface area (Å²) >= 11 is 0. The summed E-state index contributed by atoms with van der Waals surface area (Å²) in [6.07, 6.45) is 3.29. The lowest BCUT2D eigenvalue weighted by molar-refractivity contribution is 0.210. The maximum Gasteiger partial charge on any atom is 0.203 e. The van der Waals surface area contributed by atoms with E-state index in [0.717, 1.165) is 24.7 Å². The molecule has 1 aliphatic carbocycles. The van der Waals surface area contributed by atoms with Gasteiger partial charge in [-0.3, -0.25) is 0 Å². The van der Waals surface area contributed by atoms with E-state index >= 15 is 0 Å². The van der Waals surface area contributed by atoms with Crippen molar-refractivity contribution in [2.24, 2.45) is 0 Å². The number of aromatic nitrogens is 2. The minimum atomic E-state index is 0.614. The second kappa shape index (κ2) is 5.67. The van der Waals surface area contributed by atoms with E-state index in [1.165, 1.54) is 17.5 Å². The number of nitrogens with one attached hydrogen (secondary N) is 1. The average Bonchev–Trinajstić information content (AvgIpc) is 2.77. The fourth-order valence-corrected chi connectivity index (χ4v) is 2.85. The van der Waals surface area contributed by atoms with Crippen molar-refractivity contribution in [2.75, 3.05) is 25.6 Å². The van der Waals surface area contributed by atoms with Crippen molar-refractivity contribution >= 4 is 5.95 Å². The van der Waals surface area contributed by atoms with Crippen LogP contribution in [0.1, 0.15) is 22.7 Å². The van der Waals surface area contributed by atoms with Gasteiger partial charge in [0.15, 0.2) is 0 Å². The van der Waals surface area contributed by atoms with Crippen LogP contribution in [0.3, 0.4) is 0 Å². The third kappa shape index (κ3) is 2.56. The van der Waals surface area contributed by atoms with Gasteiger partial charge in [-0.25, -0.2) is 4.98 Å². The standard InChI is InChI=1S/C16H21N3O/c1-12-10-19(16(18-12)17-7-8-20-2)11-14-9-13-5-3-4-6-15(13)14/h3-6,10,14H,7-9,11H2,1-2H3,(H,17,18). The van der Waals surface area contributed by atoms with E-state index in [2.05, 4.69) is 45.3 Å². The van der Waals surface area contributed by atoms with Crippen LogP contribution in [-0.4, -0.2) is 29.8 Å². The first-order chi connectivity index (χ1) is 9.78. The maximum absolute atomic E-state index is 5.07. The summed E-state index contributed by atoms with van der Waals surface area (Å²) in [6.45, 7) is 4.51. The summed E-state index contributed by atoms with van der Waals surface area (Å²) < 4.78 is 7.30. The molecule has 1 aliphatic rings. The summed E-state index contributed by atoms with van der Waals surface area (Å²) in [5, 5.41) is 3.34. The molecule has 1 unspecified atom stereocenters. The lowest BCUT2D eigenvalue weighted by Crippen LogP contribution is -2.23. The number of rotatable bonds is 6.